The van der Waals surface area contributed by atoms with Gasteiger partial charge in [0, 0.05) is 23.7 Å². The average Bonchev–Trinajstić information content (AvgIpc) is 3.15. The van der Waals surface area contributed by atoms with Gasteiger partial charge in [-0.2, -0.15) is 0 Å². The summed E-state index contributed by atoms with van der Waals surface area (Å²) in [4.78, 5) is 26.8. The number of halogens is 2. The molecule has 3 amide bonds. The maximum absolute atomic E-state index is 13.1. The Hall–Kier alpha value is -2.28. The van der Waals surface area contributed by atoms with Gasteiger partial charge in [-0.15, -0.1) is 0 Å². The van der Waals surface area contributed by atoms with Gasteiger partial charge in [-0.05, 0) is 55.2 Å². The van der Waals surface area contributed by atoms with Gasteiger partial charge < -0.3 is 20.6 Å². The second kappa shape index (κ2) is 10.3. The SMILES string of the molecule is CC1CCC(C(O)c2ccc(Cl)c(Cl)c2)N1C(=O)Nc1ccc(CNC(=O)C(C)(C)C)cc1. The maximum atomic E-state index is 13.1. The first-order valence-electron chi connectivity index (χ1n) is 11.1. The number of carbonyl (C=O) groups is 2. The van der Waals surface area contributed by atoms with Crippen molar-refractivity contribution in [3.05, 3.63) is 63.6 Å². The summed E-state index contributed by atoms with van der Waals surface area (Å²) in [6.07, 6.45) is 0.606. The quantitative estimate of drug-likeness (QED) is 0.495. The molecule has 0 aliphatic carbocycles. The Kier molecular flexibility index (Phi) is 7.93. The molecule has 1 fully saturated rings. The molecule has 0 saturated carbocycles. The molecule has 2 aromatic carbocycles. The van der Waals surface area contributed by atoms with Gasteiger partial charge in [0.1, 0.15) is 0 Å². The highest BCUT2D eigenvalue weighted by Crippen LogP contribution is 2.35. The van der Waals surface area contributed by atoms with Gasteiger partial charge >= 0.3 is 6.03 Å². The highest BCUT2D eigenvalue weighted by Gasteiger charge is 2.39. The van der Waals surface area contributed by atoms with Crippen LogP contribution < -0.4 is 10.6 Å². The lowest BCUT2D eigenvalue weighted by molar-refractivity contribution is -0.128. The molecule has 3 N–H and O–H groups in total. The number of benzene rings is 2. The molecule has 178 valence electrons. The number of nitrogens with one attached hydrogen (secondary N) is 2. The number of hydrogen-bond acceptors (Lipinski definition) is 3. The van der Waals surface area contributed by atoms with Crippen molar-refractivity contribution in [2.45, 2.75) is 65.3 Å². The van der Waals surface area contributed by atoms with E-state index < -0.39 is 11.5 Å². The predicted molar refractivity (Wildman–Crippen MR) is 133 cm³/mol. The van der Waals surface area contributed by atoms with Crippen molar-refractivity contribution in [3.8, 4) is 0 Å². The Bertz CT molecular complexity index is 1000. The summed E-state index contributed by atoms with van der Waals surface area (Å²) in [5.74, 6) is -0.0190. The zero-order valence-electron chi connectivity index (χ0n) is 19.4. The van der Waals surface area contributed by atoms with E-state index in [0.717, 1.165) is 12.0 Å². The van der Waals surface area contributed by atoms with Crippen LogP contribution in [0.4, 0.5) is 10.5 Å². The summed E-state index contributed by atoms with van der Waals surface area (Å²) in [5.41, 5.74) is 1.77. The van der Waals surface area contributed by atoms with Crippen LogP contribution in [-0.4, -0.2) is 34.0 Å². The molecule has 1 aliphatic rings. The second-order valence-electron chi connectivity index (χ2n) is 9.58. The molecular formula is C25H31Cl2N3O3. The van der Waals surface area contributed by atoms with Gasteiger partial charge in [0.15, 0.2) is 0 Å². The minimum absolute atomic E-state index is 0.0145. The van der Waals surface area contributed by atoms with Gasteiger partial charge in [-0.25, -0.2) is 4.79 Å². The monoisotopic (exact) mass is 491 g/mol. The Labute approximate surface area is 205 Å². The fourth-order valence-corrected chi connectivity index (χ4v) is 4.24. The highest BCUT2D eigenvalue weighted by molar-refractivity contribution is 6.42. The first-order chi connectivity index (χ1) is 15.5. The van der Waals surface area contributed by atoms with Crippen molar-refractivity contribution in [2.75, 3.05) is 5.32 Å². The molecular weight excluding hydrogens is 461 g/mol. The second-order valence-corrected chi connectivity index (χ2v) is 10.4. The molecule has 8 heteroatoms. The molecule has 2 aromatic rings. The van der Waals surface area contributed by atoms with Gasteiger partial charge in [-0.3, -0.25) is 4.79 Å². The van der Waals surface area contributed by atoms with Crippen molar-refractivity contribution >= 4 is 40.8 Å². The number of rotatable bonds is 5. The van der Waals surface area contributed by atoms with Crippen LogP contribution in [0.3, 0.4) is 0 Å². The van der Waals surface area contributed by atoms with Crippen LogP contribution in [0.5, 0.6) is 0 Å². The summed E-state index contributed by atoms with van der Waals surface area (Å²) >= 11 is 12.1. The number of nitrogens with zero attached hydrogens (tertiary/aromatic N) is 1. The molecule has 0 radical (unpaired) electrons. The van der Waals surface area contributed by atoms with E-state index in [-0.39, 0.29) is 24.0 Å². The van der Waals surface area contributed by atoms with E-state index in [4.69, 9.17) is 23.2 Å². The largest absolute Gasteiger partial charge is 0.386 e. The summed E-state index contributed by atoms with van der Waals surface area (Å²) in [7, 11) is 0. The molecule has 1 heterocycles. The van der Waals surface area contributed by atoms with E-state index in [1.54, 1.807) is 23.1 Å². The molecule has 0 bridgehead atoms. The Morgan fingerprint density at radius 2 is 1.76 bits per heavy atom. The van der Waals surface area contributed by atoms with E-state index in [1.165, 1.54) is 0 Å². The number of aliphatic hydroxyl groups is 1. The summed E-state index contributed by atoms with van der Waals surface area (Å²) in [6, 6.07) is 11.7. The number of carbonyl (C=O) groups excluding carboxylic acids is 2. The number of anilines is 1. The van der Waals surface area contributed by atoms with E-state index >= 15 is 0 Å². The number of urea groups is 1. The minimum Gasteiger partial charge on any atom is -0.386 e. The third kappa shape index (κ3) is 6.19. The number of amides is 3. The van der Waals surface area contributed by atoms with E-state index in [9.17, 15) is 14.7 Å². The molecule has 3 unspecified atom stereocenters. The number of hydrogen-bond donors (Lipinski definition) is 3. The van der Waals surface area contributed by atoms with Gasteiger partial charge in [-0.1, -0.05) is 62.2 Å². The lowest BCUT2D eigenvalue weighted by Crippen LogP contribution is -2.45. The summed E-state index contributed by atoms with van der Waals surface area (Å²) in [5, 5.41) is 17.6. The number of likely N-dealkylation sites (tertiary alicyclic amines) is 1. The zero-order valence-corrected chi connectivity index (χ0v) is 20.9. The van der Waals surface area contributed by atoms with Crippen LogP contribution in [0.15, 0.2) is 42.5 Å². The highest BCUT2D eigenvalue weighted by atomic mass is 35.5. The fourth-order valence-electron chi connectivity index (χ4n) is 3.94. The van der Waals surface area contributed by atoms with Crippen LogP contribution in [0.1, 0.15) is 57.8 Å². The maximum Gasteiger partial charge on any atom is 0.322 e. The molecule has 0 aromatic heterocycles. The Morgan fingerprint density at radius 3 is 2.36 bits per heavy atom. The van der Waals surface area contributed by atoms with Crippen molar-refractivity contribution < 1.29 is 14.7 Å². The normalized spacial score (nSPS) is 19.3. The summed E-state index contributed by atoms with van der Waals surface area (Å²) < 4.78 is 0. The minimum atomic E-state index is -0.871. The van der Waals surface area contributed by atoms with Crippen LogP contribution in [0, 0.1) is 5.41 Å². The summed E-state index contributed by atoms with van der Waals surface area (Å²) in [6.45, 7) is 8.00. The smallest absolute Gasteiger partial charge is 0.322 e. The lowest BCUT2D eigenvalue weighted by Gasteiger charge is -2.32. The van der Waals surface area contributed by atoms with Crippen molar-refractivity contribution in [1.82, 2.24) is 10.2 Å². The number of aliphatic hydroxyl groups excluding tert-OH is 1. The van der Waals surface area contributed by atoms with Crippen molar-refractivity contribution in [1.29, 1.82) is 0 Å². The molecule has 3 atom stereocenters. The molecule has 1 aliphatic heterocycles. The predicted octanol–water partition coefficient (Wildman–Crippen LogP) is 5.77. The fraction of sp³-hybridized carbons (Fsp3) is 0.440. The first kappa shape index (κ1) is 25.3. The third-order valence-corrected chi connectivity index (χ3v) is 6.68. The molecule has 6 nitrogen and oxygen atoms in total. The van der Waals surface area contributed by atoms with Crippen LogP contribution in [-0.2, 0) is 11.3 Å². The molecule has 3 rings (SSSR count). The average molecular weight is 492 g/mol. The molecule has 1 saturated heterocycles. The molecule has 0 spiro atoms. The van der Waals surface area contributed by atoms with E-state index in [0.29, 0.717) is 34.3 Å². The van der Waals surface area contributed by atoms with E-state index in [2.05, 4.69) is 10.6 Å². The van der Waals surface area contributed by atoms with Crippen molar-refractivity contribution in [3.63, 3.8) is 0 Å². The Morgan fingerprint density at radius 1 is 1.09 bits per heavy atom. The van der Waals surface area contributed by atoms with Crippen molar-refractivity contribution in [2.24, 2.45) is 5.41 Å². The van der Waals surface area contributed by atoms with Gasteiger partial charge in [0.25, 0.3) is 0 Å². The van der Waals surface area contributed by atoms with Crippen LogP contribution in [0.25, 0.3) is 0 Å². The van der Waals surface area contributed by atoms with Gasteiger partial charge in [0.2, 0.25) is 5.91 Å². The first-order valence-corrected chi connectivity index (χ1v) is 11.8. The molecule has 33 heavy (non-hydrogen) atoms. The van der Waals surface area contributed by atoms with Gasteiger partial charge in [0.05, 0.1) is 22.2 Å². The Balaban J connectivity index is 1.65. The van der Waals surface area contributed by atoms with E-state index in [1.807, 2.05) is 52.0 Å². The third-order valence-electron chi connectivity index (χ3n) is 5.94. The topological polar surface area (TPSA) is 81.7 Å². The van der Waals surface area contributed by atoms with Crippen LogP contribution in [0.2, 0.25) is 10.0 Å². The van der Waals surface area contributed by atoms with Crippen LogP contribution >= 0.6 is 23.2 Å². The zero-order chi connectivity index (χ0) is 24.3. The lowest BCUT2D eigenvalue weighted by atomic mass is 9.95. The standard InChI is InChI=1S/C25H31Cl2N3O3/c1-15-5-12-21(22(31)17-8-11-19(26)20(27)13-17)30(15)24(33)29-18-9-6-16(7-10-18)14-28-23(32)25(2,3)4/h6-11,13,15,21-22,31H,5,12,14H2,1-4H3,(H,28,32)(H,29,33).